The van der Waals surface area contributed by atoms with E-state index in [-0.39, 0.29) is 65.7 Å². The zero-order valence-corrected chi connectivity index (χ0v) is 81.7. The predicted molar refractivity (Wildman–Crippen MR) is 509 cm³/mol. The molecule has 47 nitrogen and oxygen atoms in total. The number of nitrogens with two attached hydrogens (primary N) is 2. The molecule has 2 aliphatic rings. The number of nitrogens with zero attached hydrogens (tertiary/aromatic N) is 11. The van der Waals surface area contributed by atoms with Gasteiger partial charge in [-0.15, -0.1) is 13.2 Å². The van der Waals surface area contributed by atoms with Gasteiger partial charge in [0.2, 0.25) is 26.0 Å². The van der Waals surface area contributed by atoms with Crippen LogP contribution in [0.1, 0.15) is 120 Å². The summed E-state index contributed by atoms with van der Waals surface area (Å²) in [5.74, 6) is -3.71. The number of unbranched alkanes of at least 4 members (excludes halogenated alkanes) is 2. The minimum Gasteiger partial charge on any atom is -0.467 e. The number of amides is 1. The van der Waals surface area contributed by atoms with E-state index in [0.29, 0.717) is 36.0 Å². The Balaban J connectivity index is 0.000000263. The minimum absolute atomic E-state index is 0.00784. The van der Waals surface area contributed by atoms with E-state index in [0.717, 1.165) is 123 Å². The van der Waals surface area contributed by atoms with Gasteiger partial charge in [0.25, 0.3) is 47.4 Å². The molecule has 1 fully saturated rings. The second-order valence-electron chi connectivity index (χ2n) is 30.3. The number of rotatable bonds is 37. The highest BCUT2D eigenvalue weighted by Crippen LogP contribution is 2.43. The fourth-order valence-electron chi connectivity index (χ4n) is 12.1. The summed E-state index contributed by atoms with van der Waals surface area (Å²) in [5.41, 5.74) is -0.801. The first-order chi connectivity index (χ1) is 64.4. The maximum atomic E-state index is 12.8. The van der Waals surface area contributed by atoms with Gasteiger partial charge in [0.05, 0.1) is 84.8 Å². The average molecular weight is 2010 g/mol. The van der Waals surface area contributed by atoms with Crippen LogP contribution in [-0.4, -0.2) is 264 Å². The van der Waals surface area contributed by atoms with Crippen LogP contribution < -0.4 is 51.7 Å². The number of nitro benzene ring substituents is 2. The lowest BCUT2D eigenvalue weighted by Gasteiger charge is -2.26. The molecule has 1 amide bonds. The normalized spacial score (nSPS) is 13.4. The molecule has 52 heteroatoms. The number of carbonyl (C=O) groups excluding carboxylic acids is 7. The van der Waals surface area contributed by atoms with Crippen LogP contribution in [0, 0.1) is 20.2 Å². The number of anilines is 6. The molecule has 0 saturated carbocycles. The zero-order chi connectivity index (χ0) is 102. The largest absolute Gasteiger partial charge is 0.467 e. The average Bonchev–Trinajstić information content (AvgIpc) is 1.06. The van der Waals surface area contributed by atoms with E-state index >= 15 is 0 Å². The van der Waals surface area contributed by atoms with Gasteiger partial charge < -0.3 is 79.8 Å². The van der Waals surface area contributed by atoms with E-state index in [1.165, 1.54) is 118 Å². The van der Waals surface area contributed by atoms with Crippen LogP contribution in [0.15, 0.2) is 178 Å². The number of imidazole rings is 1. The molecule has 0 radical (unpaired) electrons. The number of benzene rings is 7. The fraction of sp³-hybridized carbons (Fsp3) is 0.353. The van der Waals surface area contributed by atoms with E-state index < -0.39 is 146 Å². The molecule has 3 atom stereocenters. The van der Waals surface area contributed by atoms with Gasteiger partial charge in [0.1, 0.15) is 90.8 Å². The van der Waals surface area contributed by atoms with E-state index in [2.05, 4.69) is 85.6 Å². The second kappa shape index (κ2) is 50.9. The standard InChI is InChI=1S/C21H29N3O3S.C20H22N4O4S.2C15H20N4O8S.C14H18N4O5S/c1-2-3-11-23-19-14-17(16-24-12-7-8-13-24)15-20(28(22,25)26)21(19)27-18-9-5-4-6-10-18;1-2-3-9-23-17-12-15(20(25)24-11-10-22-14-24)13-18(29(21,26)27)19(17)28-16-7-5-4-6-8-16;2*1-9(14(20)26-4)17-13-11(19(22)23)6-10(15(21)27-5)7-12(13)28(24,25)16-8-18(2)3;1-8-13(19)17-10-5-9(14(20)23-4)6-11(12(10)16-8)24(21,22)15-7-18(2)3/h4-6,9-10,14-15,23H,2-3,7-8,11-13,16H2,1H3,(H2,22,25,26);4-8,10-14,23H,2-3,9H2,1H3,(H2,21,26,27);2*6-9,17H,1-5H3;5-8,16H,1-4H3,(H,17,19)/t;;2*9-;8-/m..100/s1. The summed E-state index contributed by atoms with van der Waals surface area (Å²) < 4.78 is 171. The minimum atomic E-state index is -4.48. The molecule has 1 aromatic heterocycles. The summed E-state index contributed by atoms with van der Waals surface area (Å²) in [6, 6.07) is 27.4. The van der Waals surface area contributed by atoms with Crippen molar-refractivity contribution in [3.05, 3.63) is 188 Å². The summed E-state index contributed by atoms with van der Waals surface area (Å²) in [6.07, 6.45) is 13.5. The molecule has 0 aliphatic carbocycles. The van der Waals surface area contributed by atoms with Crippen molar-refractivity contribution in [2.45, 2.75) is 122 Å². The lowest BCUT2D eigenvalue weighted by Crippen LogP contribution is -2.37. The number of carbonyl (C=O) groups is 7. The number of nitro groups is 2. The van der Waals surface area contributed by atoms with Gasteiger partial charge in [0.15, 0.2) is 11.5 Å². The van der Waals surface area contributed by atoms with Gasteiger partial charge in [-0.1, -0.05) is 63.1 Å². The summed E-state index contributed by atoms with van der Waals surface area (Å²) in [7, 11) is -6.39. The van der Waals surface area contributed by atoms with Gasteiger partial charge >= 0.3 is 29.8 Å². The number of aromatic nitrogens is 2. The Morgan fingerprint density at radius 3 is 1.31 bits per heavy atom. The molecule has 0 bridgehead atoms. The van der Waals surface area contributed by atoms with Crippen LogP contribution in [-0.2, 0) is 94.7 Å². The third-order valence-electron chi connectivity index (χ3n) is 18.8. The molecule has 742 valence electrons. The maximum Gasteiger partial charge on any atom is 0.338 e. The van der Waals surface area contributed by atoms with Crippen molar-refractivity contribution in [2.24, 2.45) is 23.5 Å². The molecular formula is C85H109N19O28S5. The molecule has 10 N–H and O–H groups in total. The van der Waals surface area contributed by atoms with E-state index in [9.17, 15) is 95.9 Å². The summed E-state index contributed by atoms with van der Waals surface area (Å²) in [5, 5.41) is 50.9. The second-order valence-corrected chi connectivity index (χ2v) is 38.2. The Labute approximate surface area is 792 Å². The van der Waals surface area contributed by atoms with Crippen molar-refractivity contribution in [3.63, 3.8) is 0 Å². The van der Waals surface area contributed by atoms with Crippen molar-refractivity contribution >= 4 is 156 Å². The van der Waals surface area contributed by atoms with Gasteiger partial charge in [-0.2, -0.15) is 25.3 Å². The SMILES string of the molecule is CCCCNc1cc(C(=O)n2ccnc2)cc(S(N)(=O)=O)c1Oc1ccccc1.CCCCNc1cc(CN2CCCC2)cc(S(N)(=O)=O)c1Oc1ccccc1.COC(=O)c1cc([N+](=O)[O-])c(N[C@@H](C)C(=O)OC)c(S(=O)(=O)N=CN(C)C)c1.COC(=O)c1cc([N+](=O)[O-])c(N[C@H](C)C(=O)OC)c(S(=O)(=O)N=CN(C)C)c1.COC(=O)c1cc2c(c(S(=O)(=O)N=CN(C)C)c1)N[C@@H](C)C(=O)N2. The van der Waals surface area contributed by atoms with Gasteiger partial charge in [-0.25, -0.2) is 56.1 Å². The Hall–Kier alpha value is -14.3. The lowest BCUT2D eigenvalue weighted by molar-refractivity contribution is -0.384. The van der Waals surface area contributed by atoms with Crippen LogP contribution in [0.5, 0.6) is 23.0 Å². The van der Waals surface area contributed by atoms with Gasteiger partial charge in [-0.05, 0) is 138 Å². The molecule has 7 aromatic carbocycles. The zero-order valence-electron chi connectivity index (χ0n) is 77.6. The topological polar surface area (TPSA) is 633 Å². The summed E-state index contributed by atoms with van der Waals surface area (Å²) in [6.45, 7) is 12.5. The quantitative estimate of drug-likeness (QED) is 0.00342. The van der Waals surface area contributed by atoms with Gasteiger partial charge in [0, 0.05) is 92.0 Å². The van der Waals surface area contributed by atoms with Crippen LogP contribution in [0.4, 0.5) is 45.5 Å². The molecular weight excluding hydrogens is 1900 g/mol. The van der Waals surface area contributed by atoms with E-state index in [1.54, 1.807) is 69.6 Å². The number of sulfonamides is 5. The third-order valence-corrected chi connectivity index (χ3v) is 24.4. The first-order valence-electron chi connectivity index (χ1n) is 41.2. The fourth-order valence-corrected chi connectivity index (χ4v) is 16.9. The third kappa shape index (κ3) is 32.5. The lowest BCUT2D eigenvalue weighted by atomic mass is 10.1. The highest BCUT2D eigenvalue weighted by molar-refractivity contribution is 7.91. The maximum absolute atomic E-state index is 12.8. The number of fused-ring (bicyclic) bond motifs is 1. The number of para-hydroxylation sites is 2. The Morgan fingerprint density at radius 2 is 0.934 bits per heavy atom. The van der Waals surface area contributed by atoms with Crippen molar-refractivity contribution in [1.82, 2.24) is 29.2 Å². The van der Waals surface area contributed by atoms with Crippen molar-refractivity contribution < 1.29 is 119 Å². The first kappa shape index (κ1) is 111. The number of methoxy groups -OCH3 is 5. The first-order valence-corrected chi connectivity index (χ1v) is 48.7. The number of hydrogen-bond acceptors (Lipinski definition) is 35. The molecule has 0 spiro atoms. The van der Waals surface area contributed by atoms with E-state index in [4.69, 9.17) is 19.8 Å². The van der Waals surface area contributed by atoms with Crippen LogP contribution in [0.3, 0.4) is 0 Å². The van der Waals surface area contributed by atoms with Crippen molar-refractivity contribution in [3.8, 4) is 23.0 Å². The molecule has 137 heavy (non-hydrogen) atoms. The highest BCUT2D eigenvalue weighted by atomic mass is 32.2. The summed E-state index contributed by atoms with van der Waals surface area (Å²) in [4.78, 5) is 113. The number of nitrogens with one attached hydrogen (secondary N) is 6. The number of ether oxygens (including phenoxy) is 7. The van der Waals surface area contributed by atoms with Crippen molar-refractivity contribution in [1.29, 1.82) is 0 Å². The number of esters is 5. The van der Waals surface area contributed by atoms with Crippen LogP contribution in [0.25, 0.3) is 0 Å². The number of primary sulfonamides is 2. The number of hydrogen-bond donors (Lipinski definition) is 8. The Kier molecular flexibility index (Phi) is 41.4. The van der Waals surface area contributed by atoms with E-state index in [1.807, 2.05) is 37.3 Å². The predicted octanol–water partition coefficient (Wildman–Crippen LogP) is 8.93. The smallest absolute Gasteiger partial charge is 0.338 e. The Morgan fingerprint density at radius 1 is 0.547 bits per heavy atom. The van der Waals surface area contributed by atoms with Crippen LogP contribution >= 0.6 is 0 Å². The molecule has 0 unspecified atom stereocenters. The molecule has 2 aliphatic heterocycles. The molecule has 1 saturated heterocycles. The summed E-state index contributed by atoms with van der Waals surface area (Å²) >= 11 is 0. The molecule has 10 rings (SSSR count). The van der Waals surface area contributed by atoms with Crippen LogP contribution in [0.2, 0.25) is 0 Å². The monoisotopic (exact) mass is 2000 g/mol. The molecule has 3 heterocycles. The Bertz CT molecular complexity index is 6220. The highest BCUT2D eigenvalue weighted by Gasteiger charge is 2.36. The van der Waals surface area contributed by atoms with Gasteiger partial charge in [-0.3, -0.25) is 39.3 Å². The van der Waals surface area contributed by atoms with Crippen molar-refractivity contribution in [2.75, 3.05) is 136 Å². The molecule has 8 aromatic rings. The number of likely N-dealkylation sites (tertiary alicyclic amines) is 1.